The van der Waals surface area contributed by atoms with Crippen molar-refractivity contribution in [2.24, 2.45) is 0 Å². The molecule has 2 nitrogen and oxygen atoms in total. The molecule has 0 aromatic heterocycles. The van der Waals surface area contributed by atoms with Crippen LogP contribution in [0.2, 0.25) is 0 Å². The molecule has 1 aliphatic heterocycles. The van der Waals surface area contributed by atoms with Crippen LogP contribution >= 0.6 is 0 Å². The first-order valence-corrected chi connectivity index (χ1v) is 18.3. The van der Waals surface area contributed by atoms with Crippen molar-refractivity contribution in [3.63, 3.8) is 0 Å². The molecule has 0 saturated heterocycles. The van der Waals surface area contributed by atoms with Gasteiger partial charge in [-0.2, -0.15) is 0 Å². The SMILES string of the molecule is CC1(C)c2cc(-c3ccc(N(C4=CCCC=C4)c4ccccc4)cc3)ccc2-c2c(C3=C4Oc5ccccc5C4CC=C3)ccc3cccc1c23. The van der Waals surface area contributed by atoms with Crippen molar-refractivity contribution in [2.45, 2.75) is 44.4 Å². The molecule has 0 amide bonds. The minimum atomic E-state index is -0.177. The highest BCUT2D eigenvalue weighted by Crippen LogP contribution is 2.54. The molecule has 4 aliphatic rings. The van der Waals surface area contributed by atoms with Crippen molar-refractivity contribution in [1.29, 1.82) is 0 Å². The largest absolute Gasteiger partial charge is 0.460 e. The molecule has 0 fully saturated rings. The van der Waals surface area contributed by atoms with E-state index in [2.05, 4.69) is 177 Å². The summed E-state index contributed by atoms with van der Waals surface area (Å²) in [6.07, 6.45) is 14.6. The maximum Gasteiger partial charge on any atom is 0.130 e. The highest BCUT2D eigenvalue weighted by molar-refractivity contribution is 6.09. The lowest BCUT2D eigenvalue weighted by atomic mass is 9.66. The fraction of sp³-hybridized carbons (Fsp3) is 0.143. The topological polar surface area (TPSA) is 12.5 Å². The second-order valence-electron chi connectivity index (χ2n) is 14.7. The van der Waals surface area contributed by atoms with E-state index in [1.165, 1.54) is 72.2 Å². The summed E-state index contributed by atoms with van der Waals surface area (Å²) < 4.78 is 6.65. The molecule has 6 aromatic carbocycles. The highest BCUT2D eigenvalue weighted by Gasteiger charge is 2.38. The predicted molar refractivity (Wildman–Crippen MR) is 212 cm³/mol. The number of fused-ring (bicyclic) bond motifs is 5. The number of hydrogen-bond acceptors (Lipinski definition) is 2. The van der Waals surface area contributed by atoms with Gasteiger partial charge in [0, 0.05) is 39.5 Å². The van der Waals surface area contributed by atoms with Gasteiger partial charge in [0.2, 0.25) is 0 Å². The van der Waals surface area contributed by atoms with Crippen LogP contribution in [0, 0.1) is 0 Å². The third kappa shape index (κ3) is 4.70. The molecule has 1 atom stereocenters. The fourth-order valence-corrected chi connectivity index (χ4v) is 8.90. The van der Waals surface area contributed by atoms with Crippen molar-refractivity contribution < 1.29 is 4.74 Å². The van der Waals surface area contributed by atoms with E-state index in [0.29, 0.717) is 0 Å². The Morgan fingerprint density at radius 1 is 0.647 bits per heavy atom. The fourth-order valence-electron chi connectivity index (χ4n) is 8.90. The molecule has 1 unspecified atom stereocenters. The molecular formula is C49H39NO. The van der Waals surface area contributed by atoms with Gasteiger partial charge in [-0.3, -0.25) is 0 Å². The molecule has 0 N–H and O–H groups in total. The van der Waals surface area contributed by atoms with Gasteiger partial charge in [-0.05, 0) is 111 Å². The normalized spacial score (nSPS) is 17.8. The Morgan fingerprint density at radius 3 is 2.27 bits per heavy atom. The minimum Gasteiger partial charge on any atom is -0.460 e. The maximum atomic E-state index is 6.65. The Bertz CT molecular complexity index is 2490. The van der Waals surface area contributed by atoms with Crippen molar-refractivity contribution in [3.05, 3.63) is 191 Å². The van der Waals surface area contributed by atoms with E-state index < -0.39 is 0 Å². The van der Waals surface area contributed by atoms with Gasteiger partial charge in [-0.1, -0.05) is 129 Å². The van der Waals surface area contributed by atoms with Crippen LogP contribution in [0.25, 0.3) is 38.6 Å². The molecular weight excluding hydrogens is 619 g/mol. The predicted octanol–water partition coefficient (Wildman–Crippen LogP) is 13.0. The molecule has 6 aromatic rings. The lowest BCUT2D eigenvalue weighted by Gasteiger charge is -2.37. The standard InChI is InChI=1S/C49H39NO/c1-49(2)43-21-11-13-33-25-29-39(41-20-12-19-40-38-18-9-10-22-45(38)51-48(40)41)47(46(33)43)42-30-26-34(31-44(42)49)32-23-27-37(28-24-32)50(35-14-5-3-6-15-35)36-16-7-4-8-17-36/h3,5-7,9-18,20-31,40H,4,8,19H2,1-2H3. The number of para-hydroxylation sites is 2. The van der Waals surface area contributed by atoms with Crippen molar-refractivity contribution >= 4 is 27.7 Å². The van der Waals surface area contributed by atoms with E-state index in [4.69, 9.17) is 4.74 Å². The molecule has 1 heterocycles. The van der Waals surface area contributed by atoms with Gasteiger partial charge in [0.1, 0.15) is 11.5 Å². The number of nitrogens with zero attached hydrogens (tertiary/aromatic N) is 1. The van der Waals surface area contributed by atoms with E-state index in [9.17, 15) is 0 Å². The second-order valence-corrected chi connectivity index (χ2v) is 14.7. The van der Waals surface area contributed by atoms with Gasteiger partial charge >= 0.3 is 0 Å². The van der Waals surface area contributed by atoms with Crippen LogP contribution in [0.3, 0.4) is 0 Å². The van der Waals surface area contributed by atoms with E-state index in [-0.39, 0.29) is 11.3 Å². The van der Waals surface area contributed by atoms with Gasteiger partial charge in [-0.15, -0.1) is 0 Å². The van der Waals surface area contributed by atoms with E-state index in [1.807, 2.05) is 0 Å². The highest BCUT2D eigenvalue weighted by atomic mass is 16.5. The summed E-state index contributed by atoms with van der Waals surface area (Å²) in [4.78, 5) is 2.36. The Hall–Kier alpha value is -5.86. The van der Waals surface area contributed by atoms with E-state index >= 15 is 0 Å². The molecule has 246 valence electrons. The van der Waals surface area contributed by atoms with Gasteiger partial charge < -0.3 is 9.64 Å². The van der Waals surface area contributed by atoms with Crippen LogP contribution in [0.15, 0.2) is 169 Å². The first-order chi connectivity index (χ1) is 25.1. The Kier molecular flexibility index (Phi) is 6.83. The quantitative estimate of drug-likeness (QED) is 0.183. The van der Waals surface area contributed by atoms with Crippen LogP contribution in [0.1, 0.15) is 61.3 Å². The maximum absolute atomic E-state index is 6.65. The monoisotopic (exact) mass is 657 g/mol. The first kappa shape index (κ1) is 30.0. The zero-order valence-corrected chi connectivity index (χ0v) is 29.1. The second kappa shape index (κ2) is 11.6. The summed E-state index contributed by atoms with van der Waals surface area (Å²) in [6.45, 7) is 4.78. The minimum absolute atomic E-state index is 0.177. The molecule has 2 heteroatoms. The number of ether oxygens (including phenoxy) is 1. The Labute approximate surface area is 300 Å². The summed E-state index contributed by atoms with van der Waals surface area (Å²) in [5.41, 5.74) is 14.9. The Balaban J connectivity index is 1.10. The van der Waals surface area contributed by atoms with Gasteiger partial charge in [0.15, 0.2) is 0 Å². The van der Waals surface area contributed by atoms with Crippen LogP contribution in [0.5, 0.6) is 5.75 Å². The molecule has 0 spiro atoms. The average molecular weight is 658 g/mol. The van der Waals surface area contributed by atoms with Crippen molar-refractivity contribution in [3.8, 4) is 28.0 Å². The van der Waals surface area contributed by atoms with Gasteiger partial charge in [-0.25, -0.2) is 0 Å². The number of allylic oxidation sites excluding steroid dienone is 7. The van der Waals surface area contributed by atoms with Crippen molar-refractivity contribution in [1.82, 2.24) is 0 Å². The molecule has 10 rings (SSSR count). The summed E-state index contributed by atoms with van der Waals surface area (Å²) >= 11 is 0. The van der Waals surface area contributed by atoms with Gasteiger partial charge in [0.25, 0.3) is 0 Å². The summed E-state index contributed by atoms with van der Waals surface area (Å²) in [6, 6.07) is 46.9. The first-order valence-electron chi connectivity index (χ1n) is 18.3. The molecule has 0 radical (unpaired) electrons. The number of rotatable bonds is 5. The Morgan fingerprint density at radius 2 is 1.43 bits per heavy atom. The van der Waals surface area contributed by atoms with Gasteiger partial charge in [0.05, 0.1) is 0 Å². The zero-order chi connectivity index (χ0) is 34.1. The van der Waals surface area contributed by atoms with Crippen LogP contribution in [-0.4, -0.2) is 0 Å². The summed E-state index contributed by atoms with van der Waals surface area (Å²) in [7, 11) is 0. The lowest BCUT2D eigenvalue weighted by Crippen LogP contribution is -2.24. The zero-order valence-electron chi connectivity index (χ0n) is 29.1. The smallest absolute Gasteiger partial charge is 0.130 e. The molecule has 0 saturated carbocycles. The van der Waals surface area contributed by atoms with Crippen molar-refractivity contribution in [2.75, 3.05) is 4.90 Å². The van der Waals surface area contributed by atoms with Crippen LogP contribution < -0.4 is 9.64 Å². The van der Waals surface area contributed by atoms with E-state index in [0.717, 1.165) is 36.5 Å². The summed E-state index contributed by atoms with van der Waals surface area (Å²) in [5.74, 6) is 2.33. The average Bonchev–Trinajstić information content (AvgIpc) is 3.57. The number of anilines is 2. The van der Waals surface area contributed by atoms with Crippen LogP contribution in [-0.2, 0) is 5.41 Å². The summed E-state index contributed by atoms with van der Waals surface area (Å²) in [5, 5.41) is 2.64. The molecule has 3 aliphatic carbocycles. The number of hydrogen-bond donors (Lipinski definition) is 0. The number of benzene rings is 6. The third-order valence-electron chi connectivity index (χ3n) is 11.4. The molecule has 51 heavy (non-hydrogen) atoms. The third-order valence-corrected chi connectivity index (χ3v) is 11.4. The lowest BCUT2D eigenvalue weighted by molar-refractivity contribution is 0.429. The van der Waals surface area contributed by atoms with E-state index in [1.54, 1.807) is 0 Å². The van der Waals surface area contributed by atoms with Crippen LogP contribution in [0.4, 0.5) is 11.4 Å². The molecule has 0 bridgehead atoms.